The summed E-state index contributed by atoms with van der Waals surface area (Å²) in [5.74, 6) is 11.3. The van der Waals surface area contributed by atoms with Crippen LogP contribution in [0.15, 0.2) is 35.1 Å². The topological polar surface area (TPSA) is 308 Å². The summed E-state index contributed by atoms with van der Waals surface area (Å²) in [7, 11) is 11.3. The molecule has 29 heteroatoms. The lowest BCUT2D eigenvalue weighted by Crippen LogP contribution is -2.65. The predicted molar refractivity (Wildman–Crippen MR) is 320 cm³/mol. The second-order valence-electron chi connectivity index (χ2n) is 20.1. The molecule has 1 aromatic rings. The average Bonchev–Trinajstić information content (AvgIpc) is 1.36. The highest BCUT2D eigenvalue weighted by atomic mass is 127. The summed E-state index contributed by atoms with van der Waals surface area (Å²) in [5.41, 5.74) is 1.30. The number of likely N-dealkylation sites (N-methyl/N-ethyl adjacent to an activating group) is 1. The summed E-state index contributed by atoms with van der Waals surface area (Å²) in [6, 6.07) is -1.27. The zero-order valence-corrected chi connectivity index (χ0v) is 53.6. The summed E-state index contributed by atoms with van der Waals surface area (Å²) >= 11 is 2.83. The number of carbonyl (C=O) groups excluding carboxylic acids is 3. The third kappa shape index (κ3) is 15.7. The number of hydroxylamine groups is 1. The highest BCUT2D eigenvalue weighted by Crippen LogP contribution is 2.49. The number of carbonyl (C=O) groups is 3. The first kappa shape index (κ1) is 68.5. The quantitative estimate of drug-likeness (QED) is 0.0272. The van der Waals surface area contributed by atoms with Crippen molar-refractivity contribution >= 4 is 82.8 Å². The molecule has 19 atom stereocenters. The van der Waals surface area contributed by atoms with Crippen molar-refractivity contribution in [1.82, 2.24) is 16.1 Å². The molecular weight excluding hydrogens is 1290 g/mol. The minimum absolute atomic E-state index is 0.0155. The molecule has 7 rings (SSSR count). The molecule has 8 N–H and O–H groups in total. The number of hydrogen-bond acceptors (Lipinski definition) is 27. The fourth-order valence-corrected chi connectivity index (χ4v) is 14.7. The number of ether oxygens (including phenoxy) is 12. The van der Waals surface area contributed by atoms with E-state index in [0.717, 1.165) is 18.9 Å². The van der Waals surface area contributed by atoms with Crippen LogP contribution in [0.2, 0.25) is 0 Å². The van der Waals surface area contributed by atoms with Crippen molar-refractivity contribution in [3.05, 3.63) is 49.8 Å². The first-order valence-corrected chi connectivity index (χ1v) is 32.9. The molecule has 0 spiro atoms. The van der Waals surface area contributed by atoms with Crippen molar-refractivity contribution in [2.24, 2.45) is 0 Å². The maximum atomic E-state index is 14.4. The van der Waals surface area contributed by atoms with Crippen LogP contribution in [0.4, 0.5) is 4.79 Å². The van der Waals surface area contributed by atoms with Gasteiger partial charge in [0.05, 0.1) is 97.0 Å². The van der Waals surface area contributed by atoms with Crippen LogP contribution in [0.3, 0.4) is 0 Å². The Bertz CT molecular complexity index is 2710. The molecule has 4 aliphatic heterocycles. The molecule has 24 nitrogen and oxygen atoms in total. The van der Waals surface area contributed by atoms with Gasteiger partial charge >= 0.3 is 6.09 Å². The van der Waals surface area contributed by atoms with E-state index in [1.165, 1.54) is 64.9 Å². The van der Waals surface area contributed by atoms with E-state index < -0.39 is 127 Å². The molecule has 1 aromatic carbocycles. The molecule has 2 aliphatic carbocycles. The average molecular weight is 1370 g/mol. The zero-order valence-electron chi connectivity index (χ0n) is 48.1. The number of nitrogens with one attached hydrogen (secondary N) is 3. The maximum Gasteiger partial charge on any atom is 0.411 e. The summed E-state index contributed by atoms with van der Waals surface area (Å²) < 4.78 is 72.5. The standard InChI is InChI=1S/C55H74IN3O21S4/c1-12-57-30-24-73-35(22-34(30)68-6)78-48-43(63)40(26(3)75-53(48)77-33-17-15-13-14-16-19-55(67)23-32(61)41(58-54(66)72-10)38(33)29(55)18-20-82-84-81-11)59-80-36-21-31(60)50(28(5)74-36)83-51(65)37-25(2)39(56)46(49(71-9)45(37)69-7)79-52-44(64)47(70-8)42(62)27(4)76-52/h13-14,18,26-28,30-31,33-36,40,42-44,47-48,50,52-53,57,59-60,62-64,67H,12,20-24H2,1-11H3,(H,58,66)/b14-13-,29-18+/t26-,27-,28-,30-,31-,33-,34+,35-,36-,40+,42-,43+,44+,47-,48-,50+,52-,53-,55-/m0/s1. The Labute approximate surface area is 517 Å². The molecule has 6 aliphatic rings. The van der Waals surface area contributed by atoms with E-state index in [4.69, 9.17) is 61.7 Å². The number of alkyl carbamates (subject to hydrolysis) is 1. The van der Waals surface area contributed by atoms with E-state index in [1.54, 1.807) is 40.9 Å². The highest BCUT2D eigenvalue weighted by molar-refractivity contribution is 14.1. The van der Waals surface area contributed by atoms with Crippen molar-refractivity contribution in [2.45, 2.75) is 169 Å². The van der Waals surface area contributed by atoms with Crippen LogP contribution in [0.5, 0.6) is 17.2 Å². The Kier molecular flexibility index (Phi) is 25.7. The Hall–Kier alpha value is -2.94. The SMILES string of the molecule is CCN[C@H]1CO[C@@H](O[C@@H]2[C@H](O[C@H]3C#C/C=C\C#C[C@]4(O)CC(=O)C(NC(=O)OC)=C3/C4=C\CSSSC)O[C@@H](C)[C@@H](NO[C@H]3C[C@H](O)[C@H](SC(=O)c4c(C)c(I)c(O[C@@H]5O[C@@H](C)[C@H](O)[C@H](OC)[C@H]5O)c(OC)c4OC)[C@H](C)O3)[C@H]2O)C[C@H]1OC. The number of benzene rings is 1. The minimum Gasteiger partial charge on any atom is -0.492 e. The number of halogens is 1. The maximum absolute atomic E-state index is 14.4. The van der Waals surface area contributed by atoms with Gasteiger partial charge in [0.15, 0.2) is 41.8 Å². The lowest BCUT2D eigenvalue weighted by molar-refractivity contribution is -0.336. The van der Waals surface area contributed by atoms with Gasteiger partial charge in [0.2, 0.25) is 17.2 Å². The summed E-state index contributed by atoms with van der Waals surface area (Å²) in [6.07, 6.45) is -11.9. The van der Waals surface area contributed by atoms with Crippen LogP contribution < -0.4 is 30.3 Å². The lowest BCUT2D eigenvalue weighted by Gasteiger charge is -2.46. The molecule has 1 amide bonds. The van der Waals surface area contributed by atoms with E-state index in [2.05, 4.69) is 39.8 Å². The Morgan fingerprint density at radius 3 is 2.27 bits per heavy atom. The van der Waals surface area contributed by atoms with Crippen LogP contribution in [-0.2, 0) is 52.3 Å². The third-order valence-corrected chi connectivity index (χ3v) is 21.2. The van der Waals surface area contributed by atoms with Crippen LogP contribution >= 0.6 is 65.8 Å². The molecule has 4 fully saturated rings. The van der Waals surface area contributed by atoms with Crippen molar-refractivity contribution in [1.29, 1.82) is 0 Å². The number of methoxy groups -OCH3 is 5. The second-order valence-corrected chi connectivity index (χ2v) is 26.7. The molecule has 2 bridgehead atoms. The number of Topliss-reactive ketones (excluding diaryl/α,β-unsaturated/α-hetero) is 1. The van der Waals surface area contributed by atoms with Crippen LogP contribution in [0, 0.1) is 34.2 Å². The Morgan fingerprint density at radius 2 is 1.61 bits per heavy atom. The number of allylic oxidation sites excluding steroid dienone is 3. The largest absolute Gasteiger partial charge is 0.492 e. The number of hydrogen-bond donors (Lipinski definition) is 8. The molecule has 0 radical (unpaired) electrons. The minimum atomic E-state index is -2.05. The molecule has 0 unspecified atom stereocenters. The third-order valence-electron chi connectivity index (χ3n) is 14.8. The van der Waals surface area contributed by atoms with Gasteiger partial charge in [-0.15, -0.1) is 0 Å². The number of ketones is 1. The number of fused-ring (bicyclic) bond motifs is 2. The Morgan fingerprint density at radius 1 is 0.881 bits per heavy atom. The van der Waals surface area contributed by atoms with Gasteiger partial charge in [0.1, 0.15) is 36.6 Å². The van der Waals surface area contributed by atoms with Gasteiger partial charge in [-0.05, 0) is 90.6 Å². The van der Waals surface area contributed by atoms with Crippen LogP contribution in [0.25, 0.3) is 0 Å². The number of thioether (sulfide) groups is 1. The van der Waals surface area contributed by atoms with E-state index >= 15 is 0 Å². The molecule has 4 heterocycles. The van der Waals surface area contributed by atoms with Crippen molar-refractivity contribution in [3.63, 3.8) is 0 Å². The molecule has 0 aromatic heterocycles. The summed E-state index contributed by atoms with van der Waals surface area (Å²) in [5, 5.41) is 62.7. The van der Waals surface area contributed by atoms with Gasteiger partial charge in [-0.25, -0.2) is 4.79 Å². The van der Waals surface area contributed by atoms with E-state index in [1.807, 2.05) is 35.8 Å². The van der Waals surface area contributed by atoms with E-state index in [-0.39, 0.29) is 71.2 Å². The van der Waals surface area contributed by atoms with Gasteiger partial charge < -0.3 is 87.7 Å². The molecule has 84 heavy (non-hydrogen) atoms. The number of aliphatic hydroxyl groups is 5. The molecule has 0 saturated carbocycles. The van der Waals surface area contributed by atoms with Crippen molar-refractivity contribution < 1.29 is 102 Å². The van der Waals surface area contributed by atoms with Crippen LogP contribution in [0.1, 0.15) is 62.9 Å². The van der Waals surface area contributed by atoms with Crippen LogP contribution in [-0.4, -0.2) is 218 Å². The van der Waals surface area contributed by atoms with Gasteiger partial charge in [0.25, 0.3) is 0 Å². The van der Waals surface area contributed by atoms with Gasteiger partial charge in [0, 0.05) is 44.0 Å². The van der Waals surface area contributed by atoms with Gasteiger partial charge in [-0.1, -0.05) is 70.0 Å². The fourth-order valence-electron chi connectivity index (χ4n) is 10.5. The summed E-state index contributed by atoms with van der Waals surface area (Å²) in [6.45, 7) is 9.41. The normalized spacial score (nSPS) is 35.9. The molecule has 4 saturated heterocycles. The first-order valence-electron chi connectivity index (χ1n) is 26.9. The van der Waals surface area contributed by atoms with Gasteiger partial charge in [-0.2, -0.15) is 5.48 Å². The number of amides is 1. The first-order chi connectivity index (χ1) is 40.2. The van der Waals surface area contributed by atoms with Crippen molar-refractivity contribution in [2.75, 3.05) is 60.7 Å². The van der Waals surface area contributed by atoms with E-state index in [9.17, 15) is 39.9 Å². The summed E-state index contributed by atoms with van der Waals surface area (Å²) in [4.78, 5) is 47.5. The number of rotatable bonds is 22. The van der Waals surface area contributed by atoms with Crippen molar-refractivity contribution in [3.8, 4) is 40.9 Å². The Balaban J connectivity index is 1.12. The smallest absolute Gasteiger partial charge is 0.411 e. The molecule has 466 valence electrons. The lowest BCUT2D eigenvalue weighted by atomic mass is 9.75. The van der Waals surface area contributed by atoms with E-state index in [0.29, 0.717) is 21.4 Å². The fraction of sp³-hybridized carbons (Fsp3) is 0.655. The zero-order chi connectivity index (χ0) is 61.2. The highest BCUT2D eigenvalue weighted by Gasteiger charge is 2.52. The second kappa shape index (κ2) is 31.5. The number of aliphatic hydroxyl groups excluding tert-OH is 4. The monoisotopic (exact) mass is 1370 g/mol. The predicted octanol–water partition coefficient (Wildman–Crippen LogP) is 3.20. The van der Waals surface area contributed by atoms with Gasteiger partial charge in [-0.3, -0.25) is 19.7 Å². The molecular formula is C55H74IN3O21S4.